The molecule has 4 aromatic carbocycles. The summed E-state index contributed by atoms with van der Waals surface area (Å²) < 4.78 is 16.9. The molecule has 2 aliphatic heterocycles. The maximum Gasteiger partial charge on any atom is 0.169 e. The van der Waals surface area contributed by atoms with E-state index in [1.807, 2.05) is 48.5 Å². The van der Waals surface area contributed by atoms with E-state index < -0.39 is 0 Å². The highest BCUT2D eigenvalue weighted by molar-refractivity contribution is 5.51. The van der Waals surface area contributed by atoms with Crippen molar-refractivity contribution in [2.75, 3.05) is 41.4 Å². The molecular formula is C36H40N2O6. The molecule has 0 radical (unpaired) electrons. The van der Waals surface area contributed by atoms with Crippen LogP contribution < -0.4 is 14.2 Å². The van der Waals surface area contributed by atoms with E-state index in [-0.39, 0.29) is 29.3 Å². The Morgan fingerprint density at radius 1 is 0.614 bits per heavy atom. The lowest BCUT2D eigenvalue weighted by molar-refractivity contribution is 0.228. The van der Waals surface area contributed by atoms with Gasteiger partial charge in [-0.3, -0.25) is 9.80 Å². The molecule has 0 amide bonds. The second-order valence-electron chi connectivity index (χ2n) is 11.9. The number of rotatable bonds is 8. The van der Waals surface area contributed by atoms with E-state index in [1.165, 1.54) is 11.1 Å². The molecule has 0 unspecified atom stereocenters. The minimum Gasteiger partial charge on any atom is -0.504 e. The molecule has 0 fully saturated rings. The Morgan fingerprint density at radius 2 is 1.16 bits per heavy atom. The highest BCUT2D eigenvalue weighted by Crippen LogP contribution is 2.41. The number of ether oxygens (including phenoxy) is 3. The van der Waals surface area contributed by atoms with Crippen LogP contribution in [-0.2, 0) is 25.7 Å². The van der Waals surface area contributed by atoms with E-state index >= 15 is 0 Å². The third kappa shape index (κ3) is 5.87. The van der Waals surface area contributed by atoms with Gasteiger partial charge in [0.1, 0.15) is 5.75 Å². The Hall–Kier alpha value is -4.40. The van der Waals surface area contributed by atoms with Gasteiger partial charge in [-0.05, 0) is 122 Å². The Labute approximate surface area is 258 Å². The number of likely N-dealkylation sites (N-methyl/N-ethyl adjacent to an activating group) is 2. The first-order valence-electron chi connectivity index (χ1n) is 15.0. The highest BCUT2D eigenvalue weighted by atomic mass is 16.5. The van der Waals surface area contributed by atoms with Crippen LogP contribution in [0.5, 0.6) is 40.2 Å². The van der Waals surface area contributed by atoms with E-state index in [0.29, 0.717) is 29.4 Å². The number of nitrogens with zero attached hydrogens (tertiary/aromatic N) is 2. The number of fused-ring (bicyclic) bond motifs is 2. The zero-order valence-corrected chi connectivity index (χ0v) is 25.7. The van der Waals surface area contributed by atoms with Crippen LogP contribution in [0.1, 0.15) is 45.5 Å². The molecule has 6 rings (SSSR count). The molecule has 0 saturated carbocycles. The quantitative estimate of drug-likeness (QED) is 0.223. The first-order chi connectivity index (χ1) is 21.2. The van der Waals surface area contributed by atoms with E-state index in [9.17, 15) is 15.3 Å². The SMILES string of the molecule is COc1cc2c(cc1O)[C@@H](Cc1ccc(O)c(Oc3ccc(C[C@H]4c5cc(OC)c(O)cc5CCN4C)cc3)c1)N(C)CC2. The Bertz CT molecular complexity index is 1650. The number of phenolic OH excluding ortho intramolecular Hbond substituents is 3. The van der Waals surface area contributed by atoms with Gasteiger partial charge in [0.15, 0.2) is 34.5 Å². The van der Waals surface area contributed by atoms with Crippen molar-refractivity contribution in [3.8, 4) is 40.2 Å². The van der Waals surface area contributed by atoms with Crippen LogP contribution in [0.15, 0.2) is 66.7 Å². The average Bonchev–Trinajstić information content (AvgIpc) is 3.02. The number of aromatic hydroxyl groups is 3. The van der Waals surface area contributed by atoms with Gasteiger partial charge in [-0.1, -0.05) is 18.2 Å². The molecule has 230 valence electrons. The van der Waals surface area contributed by atoms with Crippen molar-refractivity contribution in [1.29, 1.82) is 0 Å². The van der Waals surface area contributed by atoms with Gasteiger partial charge in [0.25, 0.3) is 0 Å². The van der Waals surface area contributed by atoms with Crippen LogP contribution in [0.25, 0.3) is 0 Å². The molecule has 0 bridgehead atoms. The molecule has 8 nitrogen and oxygen atoms in total. The van der Waals surface area contributed by atoms with Crippen LogP contribution in [0.4, 0.5) is 0 Å². The van der Waals surface area contributed by atoms with E-state index in [4.69, 9.17) is 14.2 Å². The summed E-state index contributed by atoms with van der Waals surface area (Å²) in [5, 5.41) is 31.4. The molecule has 0 aromatic heterocycles. The third-order valence-corrected chi connectivity index (χ3v) is 9.16. The molecule has 2 aliphatic rings. The predicted octanol–water partition coefficient (Wildman–Crippen LogP) is 6.16. The Kier molecular flexibility index (Phi) is 8.29. The lowest BCUT2D eigenvalue weighted by atomic mass is 9.88. The normalized spacial score (nSPS) is 18.4. The maximum absolute atomic E-state index is 10.6. The molecule has 8 heteroatoms. The standard InChI is InChI=1S/C36H40N2O6/c1-37-13-11-24-18-32(40)35(43-4)21-28(24)29(37)15-22-5-8-26(9-6-22)44-36-17-23(7-10-31(36)39)16-30-27-20-33(41)34(42-3)19-25(27)12-14-38(30)2/h5-10,17-21,29-30,39-41H,11-16H2,1-4H3/t29-,30+/m0/s1. The van der Waals surface area contributed by atoms with E-state index in [1.54, 1.807) is 20.3 Å². The van der Waals surface area contributed by atoms with Crippen molar-refractivity contribution >= 4 is 0 Å². The zero-order valence-electron chi connectivity index (χ0n) is 25.7. The molecule has 0 saturated heterocycles. The number of methoxy groups -OCH3 is 2. The minimum atomic E-state index is 0.0687. The van der Waals surface area contributed by atoms with Crippen molar-refractivity contribution in [2.24, 2.45) is 0 Å². The first kappa shape index (κ1) is 29.7. The van der Waals surface area contributed by atoms with Crippen molar-refractivity contribution in [2.45, 2.75) is 37.8 Å². The van der Waals surface area contributed by atoms with Crippen LogP contribution >= 0.6 is 0 Å². The molecule has 44 heavy (non-hydrogen) atoms. The minimum absolute atomic E-state index is 0.0687. The molecule has 0 spiro atoms. The average molecular weight is 597 g/mol. The molecular weight excluding hydrogens is 556 g/mol. The van der Waals surface area contributed by atoms with Crippen molar-refractivity contribution < 1.29 is 29.5 Å². The largest absolute Gasteiger partial charge is 0.504 e. The summed E-state index contributed by atoms with van der Waals surface area (Å²) in [5.74, 6) is 2.43. The topological polar surface area (TPSA) is 94.9 Å². The van der Waals surface area contributed by atoms with Gasteiger partial charge < -0.3 is 29.5 Å². The summed E-state index contributed by atoms with van der Waals surface area (Å²) in [6, 6.07) is 21.3. The van der Waals surface area contributed by atoms with Gasteiger partial charge in [0.05, 0.1) is 14.2 Å². The molecule has 4 aromatic rings. The van der Waals surface area contributed by atoms with Crippen LogP contribution in [0.2, 0.25) is 0 Å². The third-order valence-electron chi connectivity index (χ3n) is 9.16. The number of phenols is 3. The first-order valence-corrected chi connectivity index (χ1v) is 15.0. The van der Waals surface area contributed by atoms with Crippen molar-refractivity contribution in [3.05, 3.63) is 100 Å². The predicted molar refractivity (Wildman–Crippen MR) is 169 cm³/mol. The van der Waals surface area contributed by atoms with Crippen LogP contribution in [0, 0.1) is 0 Å². The monoisotopic (exact) mass is 596 g/mol. The van der Waals surface area contributed by atoms with Crippen LogP contribution in [-0.4, -0.2) is 66.5 Å². The fraction of sp³-hybridized carbons (Fsp3) is 0.333. The van der Waals surface area contributed by atoms with Gasteiger partial charge in [-0.15, -0.1) is 0 Å². The zero-order chi connectivity index (χ0) is 31.0. The van der Waals surface area contributed by atoms with Gasteiger partial charge in [0, 0.05) is 25.2 Å². The summed E-state index contributed by atoms with van der Waals surface area (Å²) in [5.41, 5.74) is 6.78. The maximum atomic E-state index is 10.6. The Balaban J connectivity index is 1.18. The Morgan fingerprint density at radius 3 is 1.82 bits per heavy atom. The summed E-state index contributed by atoms with van der Waals surface area (Å²) in [6.07, 6.45) is 3.27. The van der Waals surface area contributed by atoms with E-state index in [0.717, 1.165) is 54.6 Å². The number of hydrogen-bond acceptors (Lipinski definition) is 8. The van der Waals surface area contributed by atoms with Crippen molar-refractivity contribution in [3.63, 3.8) is 0 Å². The smallest absolute Gasteiger partial charge is 0.169 e. The highest BCUT2D eigenvalue weighted by Gasteiger charge is 2.28. The number of hydrogen-bond donors (Lipinski definition) is 3. The lowest BCUT2D eigenvalue weighted by Gasteiger charge is -2.35. The van der Waals surface area contributed by atoms with Gasteiger partial charge in [-0.2, -0.15) is 0 Å². The summed E-state index contributed by atoms with van der Waals surface area (Å²) in [4.78, 5) is 4.63. The fourth-order valence-electron chi connectivity index (χ4n) is 6.58. The molecule has 2 atom stereocenters. The lowest BCUT2D eigenvalue weighted by Crippen LogP contribution is -2.33. The summed E-state index contributed by atoms with van der Waals surface area (Å²) in [6.45, 7) is 1.81. The van der Waals surface area contributed by atoms with Gasteiger partial charge in [-0.25, -0.2) is 0 Å². The number of benzene rings is 4. The summed E-state index contributed by atoms with van der Waals surface area (Å²) >= 11 is 0. The van der Waals surface area contributed by atoms with E-state index in [2.05, 4.69) is 36.0 Å². The summed E-state index contributed by atoms with van der Waals surface area (Å²) in [7, 11) is 7.37. The molecule has 3 N–H and O–H groups in total. The second-order valence-corrected chi connectivity index (χ2v) is 11.9. The van der Waals surface area contributed by atoms with Gasteiger partial charge in [0.2, 0.25) is 0 Å². The fourth-order valence-corrected chi connectivity index (χ4v) is 6.58. The molecule has 0 aliphatic carbocycles. The van der Waals surface area contributed by atoms with Crippen molar-refractivity contribution in [1.82, 2.24) is 9.80 Å². The van der Waals surface area contributed by atoms with Crippen LogP contribution in [0.3, 0.4) is 0 Å². The second kappa shape index (κ2) is 12.3. The van der Waals surface area contributed by atoms with Gasteiger partial charge >= 0.3 is 0 Å². The molecule has 2 heterocycles.